The predicted molar refractivity (Wildman–Crippen MR) is 97.4 cm³/mol. The third kappa shape index (κ3) is 5.24. The van der Waals surface area contributed by atoms with Crippen molar-refractivity contribution in [2.75, 3.05) is 11.1 Å². The van der Waals surface area contributed by atoms with Gasteiger partial charge in [0.2, 0.25) is 0 Å². The maximum absolute atomic E-state index is 12.1. The van der Waals surface area contributed by atoms with Crippen LogP contribution in [0, 0.1) is 11.3 Å². The van der Waals surface area contributed by atoms with Crippen molar-refractivity contribution in [3.63, 3.8) is 0 Å². The van der Waals surface area contributed by atoms with E-state index in [4.69, 9.17) is 27.7 Å². The number of nitriles is 1. The summed E-state index contributed by atoms with van der Waals surface area (Å²) < 4.78 is 0. The van der Waals surface area contributed by atoms with E-state index in [0.717, 1.165) is 11.1 Å². The number of benzene rings is 2. The number of hydrogen-bond acceptors (Lipinski definition) is 5. The maximum atomic E-state index is 12.1. The number of nitrogens with one attached hydrogen (secondary N) is 2. The van der Waals surface area contributed by atoms with Crippen molar-refractivity contribution < 1.29 is 9.90 Å². The average Bonchev–Trinajstić information content (AvgIpc) is 2.61. The quantitative estimate of drug-likeness (QED) is 0.361. The molecule has 0 saturated heterocycles. The molecule has 2 rings (SSSR count). The highest BCUT2D eigenvalue weighted by molar-refractivity contribution is 6.34. The number of aliphatic hydroxyl groups is 1. The van der Waals surface area contributed by atoms with Crippen molar-refractivity contribution in [1.29, 1.82) is 5.26 Å². The molecule has 0 saturated carbocycles. The second kappa shape index (κ2) is 8.73. The molecule has 0 bridgehead atoms. The standard InChI is InChI=1S/C18H17ClN4O2/c19-16-7-15(21)5-6-17(16)23-18(25)14(8-20)10-22-9-12-1-3-13(11-24)4-2-12/h1-7,10,22,24H,9,11,21H2,(H,23,25)/b14-10-. The highest BCUT2D eigenvalue weighted by Crippen LogP contribution is 2.24. The number of carbonyl (C=O) groups excluding carboxylic acids is 1. The Hall–Kier alpha value is -3.01. The summed E-state index contributed by atoms with van der Waals surface area (Å²) in [6.45, 7) is 0.423. The van der Waals surface area contributed by atoms with E-state index in [9.17, 15) is 4.79 Å². The van der Waals surface area contributed by atoms with Crippen LogP contribution in [0.15, 0.2) is 54.2 Å². The molecule has 0 aromatic heterocycles. The molecule has 0 atom stereocenters. The van der Waals surface area contributed by atoms with Gasteiger partial charge in [0.1, 0.15) is 11.6 Å². The number of anilines is 2. The molecule has 2 aromatic carbocycles. The molecule has 0 fully saturated rings. The van der Waals surface area contributed by atoms with Gasteiger partial charge in [0, 0.05) is 18.4 Å². The first kappa shape index (κ1) is 18.3. The Balaban J connectivity index is 1.98. The number of hydrogen-bond donors (Lipinski definition) is 4. The number of nitrogens with two attached hydrogens (primary N) is 1. The van der Waals surface area contributed by atoms with E-state index < -0.39 is 5.91 Å². The molecule has 0 aliphatic carbocycles. The van der Waals surface area contributed by atoms with Crippen LogP contribution in [0.25, 0.3) is 0 Å². The van der Waals surface area contributed by atoms with Gasteiger partial charge in [0.05, 0.1) is 17.3 Å². The fourth-order valence-electron chi connectivity index (χ4n) is 2.00. The van der Waals surface area contributed by atoms with E-state index in [1.807, 2.05) is 30.3 Å². The van der Waals surface area contributed by atoms with Crippen LogP contribution in [0.4, 0.5) is 11.4 Å². The minimum Gasteiger partial charge on any atom is -0.399 e. The Morgan fingerprint density at radius 3 is 2.52 bits per heavy atom. The summed E-state index contributed by atoms with van der Waals surface area (Å²) in [5.41, 5.74) is 8.14. The minimum absolute atomic E-state index is 0.0138. The lowest BCUT2D eigenvalue weighted by atomic mass is 10.1. The Labute approximate surface area is 150 Å². The number of nitrogen functional groups attached to an aromatic ring is 1. The summed E-state index contributed by atoms with van der Waals surface area (Å²) in [6.07, 6.45) is 1.35. The van der Waals surface area contributed by atoms with Gasteiger partial charge in [-0.1, -0.05) is 35.9 Å². The Morgan fingerprint density at radius 2 is 1.92 bits per heavy atom. The third-order valence-electron chi connectivity index (χ3n) is 3.36. The zero-order chi connectivity index (χ0) is 18.2. The van der Waals surface area contributed by atoms with Gasteiger partial charge in [-0.2, -0.15) is 5.26 Å². The number of halogens is 1. The monoisotopic (exact) mass is 356 g/mol. The summed E-state index contributed by atoms with van der Waals surface area (Å²) in [4.78, 5) is 12.1. The van der Waals surface area contributed by atoms with Crippen LogP contribution >= 0.6 is 11.6 Å². The molecule has 25 heavy (non-hydrogen) atoms. The predicted octanol–water partition coefficient (Wildman–Crippen LogP) is 2.55. The zero-order valence-corrected chi connectivity index (χ0v) is 14.0. The van der Waals surface area contributed by atoms with Crippen LogP contribution in [0.1, 0.15) is 11.1 Å². The van der Waals surface area contributed by atoms with Crippen molar-refractivity contribution in [3.8, 4) is 6.07 Å². The van der Waals surface area contributed by atoms with Crippen LogP contribution in [0.2, 0.25) is 5.02 Å². The lowest BCUT2D eigenvalue weighted by Gasteiger charge is -2.08. The van der Waals surface area contributed by atoms with Crippen molar-refractivity contribution in [3.05, 3.63) is 70.4 Å². The van der Waals surface area contributed by atoms with Gasteiger partial charge in [-0.3, -0.25) is 4.79 Å². The molecule has 5 N–H and O–H groups in total. The van der Waals surface area contributed by atoms with Crippen molar-refractivity contribution in [2.45, 2.75) is 13.2 Å². The molecule has 6 nitrogen and oxygen atoms in total. The summed E-state index contributed by atoms with van der Waals surface area (Å²) >= 11 is 6.00. The topological polar surface area (TPSA) is 111 Å². The first-order valence-electron chi connectivity index (χ1n) is 7.42. The van der Waals surface area contributed by atoms with Gasteiger partial charge in [-0.25, -0.2) is 0 Å². The summed E-state index contributed by atoms with van der Waals surface area (Å²) in [5.74, 6) is -0.572. The van der Waals surface area contributed by atoms with Crippen molar-refractivity contribution in [1.82, 2.24) is 5.32 Å². The molecule has 0 heterocycles. The van der Waals surface area contributed by atoms with Gasteiger partial charge in [0.25, 0.3) is 5.91 Å². The third-order valence-corrected chi connectivity index (χ3v) is 3.68. The Bertz CT molecular complexity index is 826. The average molecular weight is 357 g/mol. The summed E-state index contributed by atoms with van der Waals surface area (Å²) in [7, 11) is 0. The summed E-state index contributed by atoms with van der Waals surface area (Å²) in [5, 5.41) is 23.9. The van der Waals surface area contributed by atoms with Gasteiger partial charge < -0.3 is 21.5 Å². The Morgan fingerprint density at radius 1 is 1.24 bits per heavy atom. The van der Waals surface area contributed by atoms with Crippen molar-refractivity contribution >= 4 is 28.9 Å². The molecule has 0 spiro atoms. The number of rotatable bonds is 6. The fourth-order valence-corrected chi connectivity index (χ4v) is 2.24. The van der Waals surface area contributed by atoms with Crippen molar-refractivity contribution in [2.24, 2.45) is 0 Å². The smallest absolute Gasteiger partial charge is 0.267 e. The number of nitrogens with zero attached hydrogens (tertiary/aromatic N) is 1. The lowest BCUT2D eigenvalue weighted by molar-refractivity contribution is -0.112. The SMILES string of the molecule is N#C/C(=C/NCc1ccc(CO)cc1)C(=O)Nc1ccc(N)cc1Cl. The molecule has 0 unspecified atom stereocenters. The fraction of sp³-hybridized carbons (Fsp3) is 0.111. The van der Waals surface area contributed by atoms with Crippen LogP contribution in [0.5, 0.6) is 0 Å². The van der Waals surface area contributed by atoms with Gasteiger partial charge >= 0.3 is 0 Å². The van der Waals surface area contributed by atoms with E-state index in [1.165, 1.54) is 12.3 Å². The van der Waals surface area contributed by atoms with Crippen LogP contribution < -0.4 is 16.4 Å². The highest BCUT2D eigenvalue weighted by atomic mass is 35.5. The molecule has 2 aromatic rings. The van der Waals surface area contributed by atoms with E-state index >= 15 is 0 Å². The molecule has 1 amide bonds. The second-order valence-electron chi connectivity index (χ2n) is 5.22. The minimum atomic E-state index is -0.572. The summed E-state index contributed by atoms with van der Waals surface area (Å²) in [6, 6.07) is 13.9. The molecule has 0 aliphatic heterocycles. The maximum Gasteiger partial charge on any atom is 0.267 e. The van der Waals surface area contributed by atoms with E-state index in [1.54, 1.807) is 12.1 Å². The van der Waals surface area contributed by atoms with E-state index in [0.29, 0.717) is 22.9 Å². The molecule has 0 aliphatic rings. The van der Waals surface area contributed by atoms with Crippen LogP contribution in [0.3, 0.4) is 0 Å². The molecule has 0 radical (unpaired) electrons. The van der Waals surface area contributed by atoms with Gasteiger partial charge in [-0.05, 0) is 29.3 Å². The van der Waals surface area contributed by atoms with Crippen LogP contribution in [-0.2, 0) is 17.9 Å². The van der Waals surface area contributed by atoms with E-state index in [2.05, 4.69) is 10.6 Å². The molecular weight excluding hydrogens is 340 g/mol. The highest BCUT2D eigenvalue weighted by Gasteiger charge is 2.11. The second-order valence-corrected chi connectivity index (χ2v) is 5.63. The normalized spacial score (nSPS) is 10.8. The Kier molecular flexibility index (Phi) is 6.40. The lowest BCUT2D eigenvalue weighted by Crippen LogP contribution is -2.17. The first-order chi connectivity index (χ1) is 12.0. The molecular formula is C18H17ClN4O2. The zero-order valence-electron chi connectivity index (χ0n) is 13.3. The number of amides is 1. The molecule has 7 heteroatoms. The first-order valence-corrected chi connectivity index (χ1v) is 7.80. The van der Waals surface area contributed by atoms with E-state index in [-0.39, 0.29) is 12.2 Å². The van der Waals surface area contributed by atoms with Gasteiger partial charge in [0.15, 0.2) is 0 Å². The number of aliphatic hydroxyl groups excluding tert-OH is 1. The molecule has 128 valence electrons. The van der Waals surface area contributed by atoms with Gasteiger partial charge in [-0.15, -0.1) is 0 Å². The van der Waals surface area contributed by atoms with Crippen LogP contribution in [-0.4, -0.2) is 11.0 Å². The largest absolute Gasteiger partial charge is 0.399 e. The number of carbonyl (C=O) groups is 1.